The van der Waals surface area contributed by atoms with Gasteiger partial charge in [-0.25, -0.2) is 0 Å². The van der Waals surface area contributed by atoms with E-state index in [4.69, 9.17) is 9.57 Å². The first-order chi connectivity index (χ1) is 6.86. The summed E-state index contributed by atoms with van der Waals surface area (Å²) >= 11 is 0. The maximum absolute atomic E-state index is 5.34. The summed E-state index contributed by atoms with van der Waals surface area (Å²) < 4.78 is 7.12. The first-order valence-corrected chi connectivity index (χ1v) is 4.67. The van der Waals surface area contributed by atoms with Gasteiger partial charge in [0.2, 0.25) is 6.54 Å². The molecule has 0 bridgehead atoms. The van der Waals surface area contributed by atoms with E-state index in [1.165, 1.54) is 5.56 Å². The summed E-state index contributed by atoms with van der Waals surface area (Å²) in [5, 5.41) is 0. The fraction of sp³-hybridized carbons (Fsp3) is 0.364. The first-order valence-electron chi connectivity index (χ1n) is 4.67. The van der Waals surface area contributed by atoms with Crippen LogP contribution in [-0.4, -0.2) is 31.4 Å². The Morgan fingerprint density at radius 1 is 1.21 bits per heavy atom. The number of ether oxygens (including phenoxy) is 1. The molecule has 3 heteroatoms. The van der Waals surface area contributed by atoms with Crippen molar-refractivity contribution in [3.05, 3.63) is 35.4 Å². The van der Waals surface area contributed by atoms with Crippen LogP contribution in [0.3, 0.4) is 0 Å². The molecule has 0 N–H and O–H groups in total. The number of nitrogens with zero attached hydrogens (tertiary/aromatic N) is 1. The lowest BCUT2D eigenvalue weighted by atomic mass is 10.0. The third-order valence-electron chi connectivity index (χ3n) is 2.47. The first kappa shape index (κ1) is 9.06. The minimum absolute atomic E-state index is 0.800. The van der Waals surface area contributed by atoms with Crippen molar-refractivity contribution in [1.29, 1.82) is 0 Å². The van der Waals surface area contributed by atoms with Crippen molar-refractivity contribution in [2.75, 3.05) is 20.8 Å². The topological polar surface area (TPSA) is 21.5 Å². The lowest BCUT2D eigenvalue weighted by Gasteiger charge is -2.13. The van der Waals surface area contributed by atoms with Crippen molar-refractivity contribution < 1.29 is 14.3 Å². The van der Waals surface area contributed by atoms with E-state index in [1.807, 2.05) is 6.07 Å². The van der Waals surface area contributed by atoms with Gasteiger partial charge in [0.05, 0.1) is 12.7 Å². The Morgan fingerprint density at radius 3 is 2.71 bits per heavy atom. The van der Waals surface area contributed by atoms with Crippen molar-refractivity contribution in [3.8, 4) is 0 Å². The van der Waals surface area contributed by atoms with Crippen molar-refractivity contribution in [3.63, 3.8) is 0 Å². The SMILES string of the molecule is COC1=[N+](OC)CCc2ccccc21. The van der Waals surface area contributed by atoms with E-state index < -0.39 is 0 Å². The Hall–Kier alpha value is -1.51. The van der Waals surface area contributed by atoms with Crippen LogP contribution in [-0.2, 0) is 16.0 Å². The molecular formula is C11H14NO2+. The number of fused-ring (bicyclic) bond motifs is 1. The van der Waals surface area contributed by atoms with Crippen molar-refractivity contribution in [1.82, 2.24) is 0 Å². The van der Waals surface area contributed by atoms with Crippen LogP contribution in [0.4, 0.5) is 0 Å². The molecule has 0 atom stereocenters. The lowest BCUT2D eigenvalue weighted by Crippen LogP contribution is -2.30. The van der Waals surface area contributed by atoms with Gasteiger partial charge in [0.15, 0.2) is 0 Å². The van der Waals surface area contributed by atoms with E-state index in [1.54, 1.807) is 19.0 Å². The molecule has 1 aromatic carbocycles. The molecule has 1 heterocycles. The summed E-state index contributed by atoms with van der Waals surface area (Å²) in [7, 11) is 3.33. The average molecular weight is 192 g/mol. The fourth-order valence-corrected chi connectivity index (χ4v) is 1.79. The zero-order valence-electron chi connectivity index (χ0n) is 8.49. The third-order valence-corrected chi connectivity index (χ3v) is 2.47. The molecule has 2 rings (SSSR count). The summed E-state index contributed by atoms with van der Waals surface area (Å²) in [6, 6.07) is 8.24. The van der Waals surface area contributed by atoms with Crippen molar-refractivity contribution in [2.45, 2.75) is 6.42 Å². The minimum atomic E-state index is 0.800. The monoisotopic (exact) mass is 192 g/mol. The van der Waals surface area contributed by atoms with Gasteiger partial charge in [-0.15, -0.1) is 0 Å². The van der Waals surface area contributed by atoms with E-state index in [0.717, 1.165) is 24.4 Å². The predicted molar refractivity (Wildman–Crippen MR) is 53.4 cm³/mol. The highest BCUT2D eigenvalue weighted by Gasteiger charge is 2.27. The molecule has 0 saturated heterocycles. The van der Waals surface area contributed by atoms with Crippen LogP contribution in [0.2, 0.25) is 0 Å². The fourth-order valence-electron chi connectivity index (χ4n) is 1.79. The summed E-state index contributed by atoms with van der Waals surface area (Å²) in [5.74, 6) is 0.800. The van der Waals surface area contributed by atoms with Crippen LogP contribution in [0.5, 0.6) is 0 Å². The van der Waals surface area contributed by atoms with Gasteiger partial charge < -0.3 is 4.74 Å². The molecule has 1 aromatic rings. The second-order valence-electron chi connectivity index (χ2n) is 3.20. The molecular weight excluding hydrogens is 178 g/mol. The maximum Gasteiger partial charge on any atom is 0.418 e. The van der Waals surface area contributed by atoms with Gasteiger partial charge in [-0.3, -0.25) is 4.84 Å². The quantitative estimate of drug-likeness (QED) is 0.624. The molecule has 0 saturated carbocycles. The molecule has 74 valence electrons. The van der Waals surface area contributed by atoms with Gasteiger partial charge in [0, 0.05) is 11.2 Å². The molecule has 14 heavy (non-hydrogen) atoms. The summed E-state index contributed by atoms with van der Waals surface area (Å²) in [4.78, 5) is 5.22. The van der Waals surface area contributed by atoms with Crippen LogP contribution >= 0.6 is 0 Å². The van der Waals surface area contributed by atoms with Crippen LogP contribution in [0, 0.1) is 0 Å². The molecule has 0 aliphatic carbocycles. The van der Waals surface area contributed by atoms with Crippen LogP contribution in [0.25, 0.3) is 0 Å². The molecule has 0 radical (unpaired) electrons. The highest BCUT2D eigenvalue weighted by atomic mass is 16.7. The van der Waals surface area contributed by atoms with E-state index >= 15 is 0 Å². The maximum atomic E-state index is 5.34. The highest BCUT2D eigenvalue weighted by molar-refractivity contribution is 5.92. The Bertz CT molecular complexity index is 371. The number of hydrogen-bond donors (Lipinski definition) is 0. The second kappa shape index (κ2) is 3.70. The standard InChI is InChI=1S/C11H14NO2/c1-13-11-10-6-4-3-5-9(10)7-8-12(11)14-2/h3-6H,7-8H2,1-2H3/q+1. The third kappa shape index (κ3) is 1.35. The number of hydroxylamine groups is 1. The summed E-state index contributed by atoms with van der Waals surface area (Å²) in [5.41, 5.74) is 2.45. The number of methoxy groups -OCH3 is 1. The van der Waals surface area contributed by atoms with Crippen LogP contribution < -0.4 is 0 Å². The zero-order chi connectivity index (χ0) is 9.97. The van der Waals surface area contributed by atoms with Gasteiger partial charge in [-0.2, -0.15) is 0 Å². The van der Waals surface area contributed by atoms with E-state index in [-0.39, 0.29) is 0 Å². The smallest absolute Gasteiger partial charge is 0.418 e. The van der Waals surface area contributed by atoms with E-state index in [9.17, 15) is 0 Å². The molecule has 0 spiro atoms. The summed E-state index contributed by atoms with van der Waals surface area (Å²) in [6.45, 7) is 0.844. The van der Waals surface area contributed by atoms with E-state index in [0.29, 0.717) is 0 Å². The lowest BCUT2D eigenvalue weighted by molar-refractivity contribution is -0.784. The van der Waals surface area contributed by atoms with Gasteiger partial charge in [-0.1, -0.05) is 18.2 Å². The number of hydrogen-bond acceptors (Lipinski definition) is 2. The van der Waals surface area contributed by atoms with Gasteiger partial charge >= 0.3 is 5.90 Å². The molecule has 1 aliphatic heterocycles. The van der Waals surface area contributed by atoms with Crippen molar-refractivity contribution >= 4 is 5.90 Å². The molecule has 0 fully saturated rings. The number of rotatable bonds is 1. The highest BCUT2D eigenvalue weighted by Crippen LogP contribution is 2.15. The molecule has 3 nitrogen and oxygen atoms in total. The van der Waals surface area contributed by atoms with E-state index in [2.05, 4.69) is 18.2 Å². The average Bonchev–Trinajstić information content (AvgIpc) is 2.27. The normalized spacial score (nSPS) is 15.0. The Morgan fingerprint density at radius 2 is 2.00 bits per heavy atom. The number of benzene rings is 1. The Labute approximate surface area is 83.5 Å². The molecule has 0 unspecified atom stereocenters. The predicted octanol–water partition coefficient (Wildman–Crippen LogP) is 1.21. The minimum Gasteiger partial charge on any atom is -0.444 e. The van der Waals surface area contributed by atoms with Gasteiger partial charge in [0.25, 0.3) is 0 Å². The van der Waals surface area contributed by atoms with Crippen molar-refractivity contribution in [2.24, 2.45) is 0 Å². The van der Waals surface area contributed by atoms with Crippen LogP contribution in [0.1, 0.15) is 11.1 Å². The molecule has 0 aromatic heterocycles. The second-order valence-corrected chi connectivity index (χ2v) is 3.20. The Balaban J connectivity index is 2.52. The summed E-state index contributed by atoms with van der Waals surface area (Å²) in [6.07, 6.45) is 0.997. The van der Waals surface area contributed by atoms with Crippen LogP contribution in [0.15, 0.2) is 24.3 Å². The van der Waals surface area contributed by atoms with Gasteiger partial charge in [0.1, 0.15) is 7.11 Å². The zero-order valence-corrected chi connectivity index (χ0v) is 8.49. The molecule has 0 amide bonds. The van der Waals surface area contributed by atoms with Gasteiger partial charge in [-0.05, 0) is 11.6 Å². The Kier molecular flexibility index (Phi) is 2.39. The largest absolute Gasteiger partial charge is 0.444 e. The molecule has 1 aliphatic rings.